The van der Waals surface area contributed by atoms with Crippen LogP contribution in [0.4, 0.5) is 4.39 Å². The predicted molar refractivity (Wildman–Crippen MR) is 99.3 cm³/mol. The number of hydrogen-bond acceptors (Lipinski definition) is 5. The fraction of sp³-hybridized carbons (Fsp3) is 0.211. The van der Waals surface area contributed by atoms with E-state index in [4.69, 9.17) is 0 Å². The minimum atomic E-state index is -0.376. The first-order valence-corrected chi connectivity index (χ1v) is 8.66. The Morgan fingerprint density at radius 1 is 1.11 bits per heavy atom. The molecule has 2 N–H and O–H groups in total. The number of aryl methyl sites for hydroxylation is 1. The van der Waals surface area contributed by atoms with Crippen molar-refractivity contribution in [2.75, 3.05) is 13.1 Å². The molecule has 1 heterocycles. The largest absolute Gasteiger partial charge is 0.354 e. The van der Waals surface area contributed by atoms with Crippen LogP contribution in [0.3, 0.4) is 0 Å². The van der Waals surface area contributed by atoms with Crippen LogP contribution in [-0.4, -0.2) is 45.1 Å². The molecule has 9 heteroatoms. The number of benzene rings is 2. The maximum Gasteiger partial charge on any atom is 0.251 e. The van der Waals surface area contributed by atoms with Crippen molar-refractivity contribution >= 4 is 11.8 Å². The zero-order valence-corrected chi connectivity index (χ0v) is 15.2. The van der Waals surface area contributed by atoms with Crippen LogP contribution in [0.5, 0.6) is 0 Å². The average molecular weight is 382 g/mol. The van der Waals surface area contributed by atoms with Gasteiger partial charge in [0.2, 0.25) is 5.91 Å². The molecule has 0 fully saturated rings. The molecule has 1 aromatic heterocycles. The summed E-state index contributed by atoms with van der Waals surface area (Å²) in [5, 5.41) is 16.5. The SMILES string of the molecule is Cc1cc(C(=O)NCCNC(=O)Cc2cccc(F)c2)ccc1-n1cnnn1. The van der Waals surface area contributed by atoms with E-state index in [1.807, 2.05) is 6.92 Å². The van der Waals surface area contributed by atoms with Crippen LogP contribution in [0.25, 0.3) is 5.69 Å². The number of nitrogens with zero attached hydrogens (tertiary/aromatic N) is 4. The summed E-state index contributed by atoms with van der Waals surface area (Å²) in [5.74, 6) is -0.855. The second-order valence-electron chi connectivity index (χ2n) is 6.17. The highest BCUT2D eigenvalue weighted by molar-refractivity contribution is 5.94. The molecule has 0 saturated carbocycles. The van der Waals surface area contributed by atoms with Gasteiger partial charge in [-0.05, 0) is 58.8 Å². The smallest absolute Gasteiger partial charge is 0.251 e. The van der Waals surface area contributed by atoms with Gasteiger partial charge in [-0.2, -0.15) is 0 Å². The number of hydrogen-bond donors (Lipinski definition) is 2. The number of nitrogens with one attached hydrogen (secondary N) is 2. The zero-order valence-electron chi connectivity index (χ0n) is 15.2. The maximum absolute atomic E-state index is 13.1. The third-order valence-corrected chi connectivity index (χ3v) is 4.04. The number of carbonyl (C=O) groups excluding carboxylic acids is 2. The van der Waals surface area contributed by atoms with E-state index in [0.717, 1.165) is 11.3 Å². The molecule has 0 aliphatic carbocycles. The molecule has 0 aliphatic heterocycles. The van der Waals surface area contributed by atoms with E-state index in [0.29, 0.717) is 11.1 Å². The molecule has 28 heavy (non-hydrogen) atoms. The second kappa shape index (κ2) is 8.85. The monoisotopic (exact) mass is 382 g/mol. The first-order chi connectivity index (χ1) is 13.5. The lowest BCUT2D eigenvalue weighted by atomic mass is 10.1. The van der Waals surface area contributed by atoms with Crippen molar-refractivity contribution in [2.24, 2.45) is 0 Å². The molecule has 8 nitrogen and oxygen atoms in total. The molecular weight excluding hydrogens is 363 g/mol. The van der Waals surface area contributed by atoms with E-state index >= 15 is 0 Å². The van der Waals surface area contributed by atoms with E-state index in [-0.39, 0.29) is 37.1 Å². The van der Waals surface area contributed by atoms with Crippen LogP contribution in [0, 0.1) is 12.7 Å². The van der Waals surface area contributed by atoms with Gasteiger partial charge >= 0.3 is 0 Å². The van der Waals surface area contributed by atoms with Gasteiger partial charge in [0, 0.05) is 18.7 Å². The Kier molecular flexibility index (Phi) is 6.05. The van der Waals surface area contributed by atoms with E-state index in [2.05, 4.69) is 26.2 Å². The highest BCUT2D eigenvalue weighted by atomic mass is 19.1. The van der Waals surface area contributed by atoms with Crippen LogP contribution in [-0.2, 0) is 11.2 Å². The first kappa shape index (κ1) is 19.2. The molecule has 0 radical (unpaired) electrons. The van der Waals surface area contributed by atoms with Crippen LogP contribution in [0.15, 0.2) is 48.8 Å². The molecule has 3 aromatic rings. The number of tetrazole rings is 1. The third-order valence-electron chi connectivity index (χ3n) is 4.04. The molecule has 0 spiro atoms. The first-order valence-electron chi connectivity index (χ1n) is 8.66. The van der Waals surface area contributed by atoms with Crippen molar-refractivity contribution in [3.05, 3.63) is 71.3 Å². The van der Waals surface area contributed by atoms with Gasteiger partial charge in [0.15, 0.2) is 0 Å². The Morgan fingerprint density at radius 3 is 2.64 bits per heavy atom. The van der Waals surface area contributed by atoms with Crippen molar-refractivity contribution in [1.82, 2.24) is 30.8 Å². The number of rotatable bonds is 7. The fourth-order valence-corrected chi connectivity index (χ4v) is 2.70. The molecule has 0 bridgehead atoms. The normalized spacial score (nSPS) is 10.5. The lowest BCUT2D eigenvalue weighted by Gasteiger charge is -2.09. The summed E-state index contributed by atoms with van der Waals surface area (Å²) in [6, 6.07) is 11.1. The summed E-state index contributed by atoms with van der Waals surface area (Å²) in [4.78, 5) is 24.1. The Labute approximate surface area is 160 Å². The lowest BCUT2D eigenvalue weighted by molar-refractivity contribution is -0.120. The lowest BCUT2D eigenvalue weighted by Crippen LogP contribution is -2.35. The quantitative estimate of drug-likeness (QED) is 0.598. The minimum Gasteiger partial charge on any atom is -0.354 e. The highest BCUT2D eigenvalue weighted by Gasteiger charge is 2.10. The van der Waals surface area contributed by atoms with Crippen molar-refractivity contribution in [1.29, 1.82) is 0 Å². The summed E-state index contributed by atoms with van der Waals surface area (Å²) >= 11 is 0. The predicted octanol–water partition coefficient (Wildman–Crippen LogP) is 1.20. The molecular formula is C19H19FN6O2. The van der Waals surface area contributed by atoms with Gasteiger partial charge in [0.1, 0.15) is 12.1 Å². The molecule has 0 saturated heterocycles. The van der Waals surface area contributed by atoms with Crippen molar-refractivity contribution < 1.29 is 14.0 Å². The van der Waals surface area contributed by atoms with Gasteiger partial charge in [0.05, 0.1) is 12.1 Å². The van der Waals surface area contributed by atoms with Gasteiger partial charge in [-0.25, -0.2) is 9.07 Å². The van der Waals surface area contributed by atoms with Gasteiger partial charge in [-0.3, -0.25) is 9.59 Å². The molecule has 2 aromatic carbocycles. The summed E-state index contributed by atoms with van der Waals surface area (Å²) in [5.41, 5.74) is 2.73. The molecule has 2 amide bonds. The summed E-state index contributed by atoms with van der Waals surface area (Å²) in [7, 11) is 0. The van der Waals surface area contributed by atoms with Gasteiger partial charge < -0.3 is 10.6 Å². The summed E-state index contributed by atoms with van der Waals surface area (Å²) in [6.07, 6.45) is 1.57. The Bertz CT molecular complexity index is 974. The van der Waals surface area contributed by atoms with Crippen LogP contribution < -0.4 is 10.6 Å². The Morgan fingerprint density at radius 2 is 1.93 bits per heavy atom. The van der Waals surface area contributed by atoms with Gasteiger partial charge in [0.25, 0.3) is 5.91 Å². The molecule has 0 aliphatic rings. The van der Waals surface area contributed by atoms with Crippen molar-refractivity contribution in [3.63, 3.8) is 0 Å². The topological polar surface area (TPSA) is 102 Å². The van der Waals surface area contributed by atoms with E-state index in [1.165, 1.54) is 23.1 Å². The highest BCUT2D eigenvalue weighted by Crippen LogP contribution is 2.14. The number of carbonyl (C=O) groups is 2. The maximum atomic E-state index is 13.1. The van der Waals surface area contributed by atoms with Crippen LogP contribution >= 0.6 is 0 Å². The Hall–Kier alpha value is -3.62. The zero-order chi connectivity index (χ0) is 19.9. The van der Waals surface area contributed by atoms with Gasteiger partial charge in [-0.15, -0.1) is 5.10 Å². The third kappa shape index (κ3) is 4.97. The minimum absolute atomic E-state index is 0.0868. The average Bonchev–Trinajstić information content (AvgIpc) is 3.19. The van der Waals surface area contributed by atoms with Gasteiger partial charge in [-0.1, -0.05) is 12.1 Å². The van der Waals surface area contributed by atoms with Crippen molar-refractivity contribution in [3.8, 4) is 5.69 Å². The Balaban J connectivity index is 1.45. The van der Waals surface area contributed by atoms with E-state index < -0.39 is 0 Å². The van der Waals surface area contributed by atoms with Crippen molar-refractivity contribution in [2.45, 2.75) is 13.3 Å². The second-order valence-corrected chi connectivity index (χ2v) is 6.17. The van der Waals surface area contributed by atoms with Crippen LogP contribution in [0.1, 0.15) is 21.5 Å². The number of halogens is 1. The van der Waals surface area contributed by atoms with Crippen LogP contribution in [0.2, 0.25) is 0 Å². The molecule has 0 atom stereocenters. The molecule has 3 rings (SSSR count). The molecule has 0 unspecified atom stereocenters. The summed E-state index contributed by atoms with van der Waals surface area (Å²) in [6.45, 7) is 2.42. The standard InChI is InChI=1S/C19H19FN6O2/c1-13-9-15(5-6-17(13)26-12-23-24-25-26)19(28)22-8-7-21-18(27)11-14-3-2-4-16(20)10-14/h2-6,9-10,12H,7-8,11H2,1H3,(H,21,27)(H,22,28). The fourth-order valence-electron chi connectivity index (χ4n) is 2.70. The summed E-state index contributed by atoms with van der Waals surface area (Å²) < 4.78 is 14.6. The van der Waals surface area contributed by atoms with E-state index in [9.17, 15) is 14.0 Å². The number of aromatic nitrogens is 4. The number of amides is 2. The van der Waals surface area contributed by atoms with E-state index in [1.54, 1.807) is 30.3 Å². The molecule has 144 valence electrons.